The van der Waals surface area contributed by atoms with Crippen LogP contribution in [0.4, 0.5) is 9.59 Å². The van der Waals surface area contributed by atoms with E-state index in [4.69, 9.17) is 9.47 Å². The number of ether oxygens (including phenoxy) is 2. The average molecular weight is 670 g/mol. The van der Waals surface area contributed by atoms with Crippen LogP contribution in [0.25, 0.3) is 0 Å². The van der Waals surface area contributed by atoms with Crippen molar-refractivity contribution in [2.75, 3.05) is 0 Å². The quantitative estimate of drug-likeness (QED) is 0.400. The molecule has 186 valence electrons. The molecule has 2 aromatic rings. The van der Waals surface area contributed by atoms with Gasteiger partial charge < -0.3 is 10.1 Å². The summed E-state index contributed by atoms with van der Waals surface area (Å²) in [6, 6.07) is 0. The maximum Gasteiger partial charge on any atom is 0.408 e. The Kier molecular flexibility index (Phi) is 11.6. The van der Waals surface area contributed by atoms with Crippen molar-refractivity contribution in [1.29, 1.82) is 0 Å². The van der Waals surface area contributed by atoms with Gasteiger partial charge in [0.05, 0.1) is 6.54 Å². The second-order valence-corrected chi connectivity index (χ2v) is 27.2. The molecular formula is C21H35BrN4O4S2Sn. The van der Waals surface area contributed by atoms with Gasteiger partial charge in [-0.3, -0.25) is 0 Å². The Bertz CT molecular complexity index is 914. The van der Waals surface area contributed by atoms with Crippen molar-refractivity contribution in [3.63, 3.8) is 0 Å². The van der Waals surface area contributed by atoms with E-state index in [-0.39, 0.29) is 0 Å². The van der Waals surface area contributed by atoms with Gasteiger partial charge >= 0.3 is 124 Å². The molecular weight excluding hydrogens is 635 g/mol. The van der Waals surface area contributed by atoms with E-state index in [1.807, 2.05) is 46.9 Å². The topological polar surface area (TPSA) is 102 Å². The molecule has 0 aliphatic rings. The number of nitrogens with zero attached hydrogens (tertiary/aromatic N) is 2. The Morgan fingerprint density at radius 3 is 1.64 bits per heavy atom. The number of halogens is 1. The van der Waals surface area contributed by atoms with Crippen LogP contribution in [-0.2, 0) is 22.6 Å². The first kappa shape index (κ1) is 30.1. The van der Waals surface area contributed by atoms with Crippen LogP contribution in [0.2, 0.25) is 14.8 Å². The summed E-state index contributed by atoms with van der Waals surface area (Å²) >= 11 is 4.27. The molecule has 0 saturated carbocycles. The minimum absolute atomic E-state index is 0.390. The molecule has 0 atom stereocenters. The van der Waals surface area contributed by atoms with Crippen LogP contribution >= 0.6 is 38.6 Å². The number of amides is 2. The third-order valence-corrected chi connectivity index (χ3v) is 11.5. The minimum atomic E-state index is -2.07. The summed E-state index contributed by atoms with van der Waals surface area (Å²) in [4.78, 5) is 38.5. The van der Waals surface area contributed by atoms with Crippen LogP contribution in [0, 0.1) is 0 Å². The molecule has 12 heteroatoms. The number of alkyl carbamates (subject to hydrolysis) is 2. The Hall–Kier alpha value is -0.921. The third-order valence-electron chi connectivity index (χ3n) is 3.41. The Labute approximate surface area is 217 Å². The van der Waals surface area contributed by atoms with Crippen LogP contribution in [0.1, 0.15) is 51.6 Å². The largest absolute Gasteiger partial charge is 0.444 e. The van der Waals surface area contributed by atoms with Crippen molar-refractivity contribution < 1.29 is 19.1 Å². The van der Waals surface area contributed by atoms with Gasteiger partial charge in [0, 0.05) is 5.38 Å². The molecule has 0 saturated heterocycles. The molecule has 2 rings (SSSR count). The van der Waals surface area contributed by atoms with Crippen molar-refractivity contribution in [1.82, 2.24) is 20.6 Å². The molecule has 0 spiro atoms. The Balaban J connectivity index is 0.000000335. The van der Waals surface area contributed by atoms with Crippen LogP contribution in [0.5, 0.6) is 0 Å². The van der Waals surface area contributed by atoms with Gasteiger partial charge in [0.2, 0.25) is 0 Å². The first-order valence-electron chi connectivity index (χ1n) is 10.4. The summed E-state index contributed by atoms with van der Waals surface area (Å²) in [6.45, 7) is 11.9. The van der Waals surface area contributed by atoms with Gasteiger partial charge in [-0.25, -0.2) is 9.78 Å². The molecule has 0 fully saturated rings. The van der Waals surface area contributed by atoms with E-state index < -0.39 is 41.8 Å². The van der Waals surface area contributed by atoms with Crippen molar-refractivity contribution in [3.8, 4) is 0 Å². The summed E-state index contributed by atoms with van der Waals surface area (Å²) in [5.74, 6) is 0. The fourth-order valence-corrected chi connectivity index (χ4v) is 9.30. The molecule has 0 unspecified atom stereocenters. The molecule has 0 bridgehead atoms. The zero-order valence-corrected chi connectivity index (χ0v) is 26.9. The van der Waals surface area contributed by atoms with Gasteiger partial charge in [-0.2, -0.15) is 0 Å². The molecule has 33 heavy (non-hydrogen) atoms. The van der Waals surface area contributed by atoms with Crippen molar-refractivity contribution in [2.45, 2.75) is 80.7 Å². The zero-order valence-electron chi connectivity index (χ0n) is 20.8. The summed E-state index contributed by atoms with van der Waals surface area (Å²) in [7, 11) is 0. The molecule has 0 aliphatic heterocycles. The fraction of sp³-hybridized carbons (Fsp3) is 0.619. The van der Waals surface area contributed by atoms with Crippen molar-refractivity contribution in [2.24, 2.45) is 0 Å². The van der Waals surface area contributed by atoms with E-state index in [0.29, 0.717) is 13.1 Å². The van der Waals surface area contributed by atoms with Crippen LogP contribution in [-0.4, -0.2) is 51.7 Å². The monoisotopic (exact) mass is 670 g/mol. The predicted octanol–water partition coefficient (Wildman–Crippen LogP) is 5.64. The second kappa shape index (κ2) is 12.7. The average Bonchev–Trinajstić information content (AvgIpc) is 3.24. The number of carbonyl (C=O) groups excluding carboxylic acids is 2. The van der Waals surface area contributed by atoms with E-state index in [1.165, 1.54) is 15.0 Å². The van der Waals surface area contributed by atoms with Crippen molar-refractivity contribution >= 4 is 72.9 Å². The normalized spacial score (nSPS) is 11.8. The molecule has 2 amide bonds. The van der Waals surface area contributed by atoms with E-state index in [2.05, 4.69) is 56.7 Å². The number of carbonyl (C=O) groups is 2. The second-order valence-electron chi connectivity index (χ2n) is 10.2. The first-order valence-corrected chi connectivity index (χ1v) is 23.0. The van der Waals surface area contributed by atoms with E-state index >= 15 is 0 Å². The zero-order chi connectivity index (χ0) is 25.4. The van der Waals surface area contributed by atoms with Crippen molar-refractivity contribution in [3.05, 3.63) is 25.4 Å². The molecule has 0 aliphatic carbocycles. The maximum absolute atomic E-state index is 11.5. The Morgan fingerprint density at radius 1 is 0.879 bits per heavy atom. The first-order chi connectivity index (χ1) is 14.9. The predicted molar refractivity (Wildman–Crippen MR) is 141 cm³/mol. The fourth-order valence-electron chi connectivity index (χ4n) is 2.03. The minimum Gasteiger partial charge on any atom is -0.444 e. The molecule has 0 radical (unpaired) electrons. The summed E-state index contributed by atoms with van der Waals surface area (Å²) in [6.07, 6.45) is -0.813. The number of nitrogens with one attached hydrogen (secondary N) is 2. The number of hydrogen-bond acceptors (Lipinski definition) is 8. The van der Waals surface area contributed by atoms with Gasteiger partial charge in [0.15, 0.2) is 0 Å². The molecule has 8 nitrogen and oxygen atoms in total. The maximum atomic E-state index is 11.5. The van der Waals surface area contributed by atoms with Gasteiger partial charge in [0.25, 0.3) is 0 Å². The number of aromatic nitrogens is 2. The van der Waals surface area contributed by atoms with Crippen LogP contribution < -0.4 is 14.3 Å². The standard InChI is InChI=1S/C9H13BrN2O2S.C9H13N2O2S.3CH3.Sn/c1-9(2,3)14-8(13)11-4-7-12-6(10)5-15-7;1-9(2,3)13-8(12)11-6-7-10-4-5-14-7;;;;/h5H,4H2,1-3H3,(H,11,13);5H,6H2,1-3H3,(H,11,12);3*1H3;. The molecule has 2 aromatic heterocycles. The van der Waals surface area contributed by atoms with Crippen LogP contribution in [0.3, 0.4) is 0 Å². The van der Waals surface area contributed by atoms with E-state index in [1.54, 1.807) is 11.3 Å². The number of thiazole rings is 2. The summed E-state index contributed by atoms with van der Waals surface area (Å²) in [5, 5.41) is 11.1. The molecule has 2 heterocycles. The SMILES string of the molecule is CC(C)(C)OC(=O)NCc1n[c]([Sn]([CH3])([CH3])[CH3])cs1.CC(C)(C)OC(=O)NCc1nc(Br)cs1. The van der Waals surface area contributed by atoms with Gasteiger partial charge in [-0.1, -0.05) is 0 Å². The van der Waals surface area contributed by atoms with Crippen LogP contribution in [0.15, 0.2) is 15.4 Å². The van der Waals surface area contributed by atoms with E-state index in [0.717, 1.165) is 14.6 Å². The summed E-state index contributed by atoms with van der Waals surface area (Å²) in [5.41, 5.74) is -0.923. The summed E-state index contributed by atoms with van der Waals surface area (Å²) < 4.78 is 12.3. The van der Waals surface area contributed by atoms with Gasteiger partial charge in [-0.05, 0) is 36.7 Å². The third kappa shape index (κ3) is 14.2. The molecule has 0 aromatic carbocycles. The molecule has 2 N–H and O–H groups in total. The smallest absolute Gasteiger partial charge is 0.408 e. The van der Waals surface area contributed by atoms with Gasteiger partial charge in [-0.15, -0.1) is 11.3 Å². The number of hydrogen-bond donors (Lipinski definition) is 2. The van der Waals surface area contributed by atoms with Gasteiger partial charge in [0.1, 0.15) is 15.2 Å². The van der Waals surface area contributed by atoms with E-state index in [9.17, 15) is 9.59 Å². The Morgan fingerprint density at radius 2 is 1.30 bits per heavy atom. The number of rotatable bonds is 5.